The van der Waals surface area contributed by atoms with Crippen molar-refractivity contribution in [1.82, 2.24) is 0 Å². The molecule has 3 aromatic rings. The average molecular weight is 507 g/mol. The van der Waals surface area contributed by atoms with Crippen LogP contribution in [0.4, 0.5) is 11.4 Å². The van der Waals surface area contributed by atoms with E-state index in [1.54, 1.807) is 36.4 Å². The Balaban J connectivity index is 1.99. The lowest BCUT2D eigenvalue weighted by molar-refractivity contribution is -0.114. The van der Waals surface area contributed by atoms with E-state index in [0.29, 0.717) is 22.1 Å². The van der Waals surface area contributed by atoms with Gasteiger partial charge in [-0.05, 0) is 54.8 Å². The topological polar surface area (TPSA) is 84.9 Å². The van der Waals surface area contributed by atoms with Gasteiger partial charge in [-0.2, -0.15) is 0 Å². The number of carbonyl (C=O) groups is 1. The highest BCUT2D eigenvalue weighted by Crippen LogP contribution is 2.32. The van der Waals surface area contributed by atoms with Crippen LogP contribution in [0.1, 0.15) is 0 Å². The highest BCUT2D eigenvalue weighted by molar-refractivity contribution is 7.98. The molecule has 7 nitrogen and oxygen atoms in total. The van der Waals surface area contributed by atoms with Crippen LogP contribution in [0.25, 0.3) is 0 Å². The minimum Gasteiger partial charge on any atom is -0.493 e. The SMILES string of the molecule is COc1ccc(S(=O)(=O)N(CC(=O)Nc2ccccc2SC)c2ccc(Cl)cc2)cc1OC. The number of halogens is 1. The van der Waals surface area contributed by atoms with Gasteiger partial charge in [0.2, 0.25) is 5.91 Å². The Bertz CT molecular complexity index is 1230. The van der Waals surface area contributed by atoms with E-state index in [2.05, 4.69) is 5.32 Å². The molecule has 0 saturated carbocycles. The summed E-state index contributed by atoms with van der Waals surface area (Å²) in [7, 11) is -1.26. The van der Waals surface area contributed by atoms with Crippen LogP contribution in [0.5, 0.6) is 11.5 Å². The summed E-state index contributed by atoms with van der Waals surface area (Å²) in [5.41, 5.74) is 0.900. The van der Waals surface area contributed by atoms with E-state index in [0.717, 1.165) is 9.20 Å². The number of carbonyl (C=O) groups excluding carboxylic acids is 1. The molecule has 0 atom stereocenters. The number of benzene rings is 3. The number of para-hydroxylation sites is 1. The van der Waals surface area contributed by atoms with Crippen molar-refractivity contribution in [3.8, 4) is 11.5 Å². The molecular weight excluding hydrogens is 484 g/mol. The van der Waals surface area contributed by atoms with Crippen LogP contribution in [-0.4, -0.2) is 41.3 Å². The minimum atomic E-state index is -4.14. The molecular formula is C23H23ClN2O5S2. The van der Waals surface area contributed by atoms with Crippen LogP contribution in [-0.2, 0) is 14.8 Å². The molecule has 0 aliphatic heterocycles. The highest BCUT2D eigenvalue weighted by Gasteiger charge is 2.28. The lowest BCUT2D eigenvalue weighted by atomic mass is 10.3. The molecule has 0 bridgehead atoms. The fraction of sp³-hybridized carbons (Fsp3) is 0.174. The molecule has 0 saturated heterocycles. The van der Waals surface area contributed by atoms with Gasteiger partial charge in [0.25, 0.3) is 10.0 Å². The van der Waals surface area contributed by atoms with Crippen molar-refractivity contribution >= 4 is 50.7 Å². The molecule has 1 N–H and O–H groups in total. The minimum absolute atomic E-state index is 0.0487. The molecule has 0 aliphatic carbocycles. The first-order valence-electron chi connectivity index (χ1n) is 9.73. The van der Waals surface area contributed by atoms with Crippen LogP contribution in [0.2, 0.25) is 5.02 Å². The summed E-state index contributed by atoms with van der Waals surface area (Å²) in [6, 6.07) is 17.8. The van der Waals surface area contributed by atoms with E-state index in [9.17, 15) is 13.2 Å². The number of hydrogen-bond acceptors (Lipinski definition) is 6. The number of amides is 1. The van der Waals surface area contributed by atoms with E-state index in [1.807, 2.05) is 18.4 Å². The summed E-state index contributed by atoms with van der Waals surface area (Å²) in [6.07, 6.45) is 1.90. The first kappa shape index (κ1) is 24.8. The van der Waals surface area contributed by atoms with Crippen molar-refractivity contribution in [2.75, 3.05) is 36.6 Å². The maximum absolute atomic E-state index is 13.6. The van der Waals surface area contributed by atoms with Gasteiger partial charge in [0, 0.05) is 16.0 Å². The summed E-state index contributed by atoms with van der Waals surface area (Å²) in [5, 5.41) is 3.25. The molecule has 0 fully saturated rings. The standard InChI is InChI=1S/C23H23ClN2O5S2/c1-30-20-13-12-18(14-21(20)31-2)33(28,29)26(17-10-8-16(24)9-11-17)15-23(27)25-19-6-4-5-7-22(19)32-3/h4-14H,15H2,1-3H3,(H,25,27). The Labute approximate surface area is 202 Å². The molecule has 33 heavy (non-hydrogen) atoms. The van der Waals surface area contributed by atoms with E-state index in [-0.39, 0.29) is 10.6 Å². The van der Waals surface area contributed by atoms with Gasteiger partial charge in [-0.1, -0.05) is 23.7 Å². The highest BCUT2D eigenvalue weighted by atomic mass is 35.5. The van der Waals surface area contributed by atoms with Crippen LogP contribution < -0.4 is 19.1 Å². The quantitative estimate of drug-likeness (QED) is 0.415. The van der Waals surface area contributed by atoms with Crippen molar-refractivity contribution in [2.45, 2.75) is 9.79 Å². The summed E-state index contributed by atoms with van der Waals surface area (Å²) >= 11 is 7.46. The Morgan fingerprint density at radius 3 is 2.30 bits per heavy atom. The largest absolute Gasteiger partial charge is 0.493 e. The van der Waals surface area contributed by atoms with Crippen molar-refractivity contribution in [3.63, 3.8) is 0 Å². The number of thioether (sulfide) groups is 1. The zero-order valence-corrected chi connectivity index (χ0v) is 20.6. The first-order chi connectivity index (χ1) is 15.8. The van der Waals surface area contributed by atoms with Gasteiger partial charge < -0.3 is 14.8 Å². The van der Waals surface area contributed by atoms with Crippen molar-refractivity contribution < 1.29 is 22.7 Å². The fourth-order valence-corrected chi connectivity index (χ4v) is 5.21. The number of nitrogens with zero attached hydrogens (tertiary/aromatic N) is 1. The van der Waals surface area contributed by atoms with Crippen LogP contribution in [0.15, 0.2) is 76.5 Å². The normalized spacial score (nSPS) is 11.0. The molecule has 0 heterocycles. The van der Waals surface area contributed by atoms with Gasteiger partial charge in [-0.25, -0.2) is 8.42 Å². The molecule has 0 unspecified atom stereocenters. The smallest absolute Gasteiger partial charge is 0.264 e. The van der Waals surface area contributed by atoms with Crippen LogP contribution in [0.3, 0.4) is 0 Å². The maximum atomic E-state index is 13.6. The predicted octanol–water partition coefficient (Wildman–Crippen LogP) is 4.91. The summed E-state index contributed by atoms with van der Waals surface area (Å²) in [4.78, 5) is 13.8. The first-order valence-corrected chi connectivity index (χ1v) is 12.8. The molecule has 0 aliphatic rings. The molecule has 0 radical (unpaired) electrons. The summed E-state index contributed by atoms with van der Waals surface area (Å²) < 4.78 is 38.7. The molecule has 10 heteroatoms. The van der Waals surface area contributed by atoms with Crippen molar-refractivity contribution in [2.24, 2.45) is 0 Å². The number of nitrogens with one attached hydrogen (secondary N) is 1. The number of sulfonamides is 1. The molecule has 174 valence electrons. The Hall–Kier alpha value is -2.88. The number of hydrogen-bond donors (Lipinski definition) is 1. The predicted molar refractivity (Wildman–Crippen MR) is 132 cm³/mol. The molecule has 3 aromatic carbocycles. The van der Waals surface area contributed by atoms with Gasteiger partial charge in [-0.3, -0.25) is 9.10 Å². The Morgan fingerprint density at radius 1 is 1.00 bits per heavy atom. The van der Waals surface area contributed by atoms with Crippen molar-refractivity contribution in [3.05, 3.63) is 71.8 Å². The van der Waals surface area contributed by atoms with Crippen molar-refractivity contribution in [1.29, 1.82) is 0 Å². The second-order valence-electron chi connectivity index (χ2n) is 6.75. The maximum Gasteiger partial charge on any atom is 0.264 e. The molecule has 1 amide bonds. The number of rotatable bonds is 9. The van der Waals surface area contributed by atoms with E-state index in [4.69, 9.17) is 21.1 Å². The van der Waals surface area contributed by atoms with Crippen LogP contribution in [0, 0.1) is 0 Å². The zero-order chi connectivity index (χ0) is 24.0. The lowest BCUT2D eigenvalue weighted by Gasteiger charge is -2.25. The number of anilines is 2. The van der Waals surface area contributed by atoms with E-state index in [1.165, 1.54) is 44.2 Å². The summed E-state index contributed by atoms with van der Waals surface area (Å²) in [6.45, 7) is -0.443. The van der Waals surface area contributed by atoms with Crippen LogP contribution >= 0.6 is 23.4 Å². The lowest BCUT2D eigenvalue weighted by Crippen LogP contribution is -2.38. The fourth-order valence-electron chi connectivity index (χ4n) is 3.09. The Morgan fingerprint density at radius 2 is 1.67 bits per heavy atom. The van der Waals surface area contributed by atoms with E-state index < -0.39 is 22.5 Å². The van der Waals surface area contributed by atoms with Gasteiger partial charge >= 0.3 is 0 Å². The summed E-state index contributed by atoms with van der Waals surface area (Å²) in [5.74, 6) is 0.157. The second kappa shape index (κ2) is 10.8. The molecule has 0 spiro atoms. The van der Waals surface area contributed by atoms with Gasteiger partial charge in [0.05, 0.1) is 30.5 Å². The van der Waals surface area contributed by atoms with Gasteiger partial charge in [0.1, 0.15) is 6.54 Å². The average Bonchev–Trinajstić information content (AvgIpc) is 2.83. The molecule has 3 rings (SSSR count). The third kappa shape index (κ3) is 5.73. The Kier molecular flexibility index (Phi) is 8.12. The van der Waals surface area contributed by atoms with E-state index >= 15 is 0 Å². The van der Waals surface area contributed by atoms with Gasteiger partial charge in [-0.15, -0.1) is 11.8 Å². The zero-order valence-electron chi connectivity index (χ0n) is 18.2. The molecule has 0 aromatic heterocycles. The number of methoxy groups -OCH3 is 2. The van der Waals surface area contributed by atoms with Gasteiger partial charge in [0.15, 0.2) is 11.5 Å². The monoisotopic (exact) mass is 506 g/mol. The third-order valence-electron chi connectivity index (χ3n) is 4.73. The second-order valence-corrected chi connectivity index (χ2v) is 9.90. The number of ether oxygens (including phenoxy) is 2. The third-order valence-corrected chi connectivity index (χ3v) is 7.54.